The van der Waals surface area contributed by atoms with Gasteiger partial charge in [-0.2, -0.15) is 0 Å². The second-order valence-corrected chi connectivity index (χ2v) is 6.17. The second-order valence-electron chi connectivity index (χ2n) is 6.17. The Kier molecular flexibility index (Phi) is 6.07. The molecule has 0 heterocycles. The van der Waals surface area contributed by atoms with Crippen LogP contribution in [0.5, 0.6) is 5.75 Å². The van der Waals surface area contributed by atoms with Crippen LogP contribution < -0.4 is 10.5 Å². The Morgan fingerprint density at radius 2 is 1.90 bits per heavy atom. The van der Waals surface area contributed by atoms with Crippen molar-refractivity contribution in [1.29, 1.82) is 0 Å². The highest BCUT2D eigenvalue weighted by atomic mass is 16.5. The fraction of sp³-hybridized carbons (Fsp3) is 0.667. The number of hydrogen-bond acceptors (Lipinski definition) is 3. The van der Waals surface area contributed by atoms with Crippen LogP contribution in [-0.2, 0) is 0 Å². The summed E-state index contributed by atoms with van der Waals surface area (Å²) in [5, 5.41) is 0. The van der Waals surface area contributed by atoms with Crippen LogP contribution in [0.3, 0.4) is 0 Å². The van der Waals surface area contributed by atoms with E-state index in [0.717, 1.165) is 12.3 Å². The first-order valence-corrected chi connectivity index (χ1v) is 8.33. The molecule has 1 aliphatic rings. The summed E-state index contributed by atoms with van der Waals surface area (Å²) in [7, 11) is 1.74. The Morgan fingerprint density at radius 1 is 1.24 bits per heavy atom. The average molecular weight is 290 g/mol. The van der Waals surface area contributed by atoms with E-state index in [4.69, 9.17) is 10.5 Å². The lowest BCUT2D eigenvalue weighted by atomic mass is 9.90. The molecule has 1 saturated carbocycles. The summed E-state index contributed by atoms with van der Waals surface area (Å²) in [5.41, 5.74) is 7.60. The smallest absolute Gasteiger partial charge is 0.123 e. The summed E-state index contributed by atoms with van der Waals surface area (Å²) in [6, 6.07) is 9.29. The molecule has 3 nitrogen and oxygen atoms in total. The lowest BCUT2D eigenvalue weighted by molar-refractivity contribution is 0.0958. The van der Waals surface area contributed by atoms with Crippen molar-refractivity contribution in [2.24, 2.45) is 5.73 Å². The molecule has 1 aliphatic carbocycles. The molecule has 2 unspecified atom stereocenters. The molecule has 2 atom stereocenters. The van der Waals surface area contributed by atoms with E-state index in [-0.39, 0.29) is 12.1 Å². The summed E-state index contributed by atoms with van der Waals surface area (Å²) in [5.74, 6) is 0.953. The summed E-state index contributed by atoms with van der Waals surface area (Å²) >= 11 is 0. The van der Waals surface area contributed by atoms with Gasteiger partial charge in [-0.3, -0.25) is 4.90 Å². The van der Waals surface area contributed by atoms with Crippen molar-refractivity contribution in [3.05, 3.63) is 29.8 Å². The average Bonchev–Trinajstić information content (AvgIpc) is 2.53. The Hall–Kier alpha value is -1.06. The van der Waals surface area contributed by atoms with Gasteiger partial charge in [0.1, 0.15) is 5.75 Å². The number of ether oxygens (including phenoxy) is 1. The zero-order valence-electron chi connectivity index (χ0n) is 13.7. The molecular weight excluding hydrogens is 260 g/mol. The van der Waals surface area contributed by atoms with E-state index < -0.39 is 0 Å². The number of para-hydroxylation sites is 1. The number of hydrogen-bond donors (Lipinski definition) is 1. The van der Waals surface area contributed by atoms with Gasteiger partial charge in [0.25, 0.3) is 0 Å². The quantitative estimate of drug-likeness (QED) is 0.867. The molecule has 0 aliphatic heterocycles. The number of nitrogens with zero attached hydrogens (tertiary/aromatic N) is 1. The SMILES string of the molecule is CCN(C1CCCCC1)C(c1ccccc1OC)C(C)N. The molecule has 1 aromatic carbocycles. The molecule has 0 spiro atoms. The van der Waals surface area contributed by atoms with Crippen molar-refractivity contribution < 1.29 is 4.74 Å². The van der Waals surface area contributed by atoms with Gasteiger partial charge < -0.3 is 10.5 Å². The van der Waals surface area contributed by atoms with E-state index in [1.54, 1.807) is 7.11 Å². The highest BCUT2D eigenvalue weighted by Crippen LogP contribution is 2.35. The Bertz CT molecular complexity index is 427. The van der Waals surface area contributed by atoms with Gasteiger partial charge >= 0.3 is 0 Å². The van der Waals surface area contributed by atoms with Gasteiger partial charge in [0, 0.05) is 17.6 Å². The fourth-order valence-corrected chi connectivity index (χ4v) is 3.77. The molecule has 0 saturated heterocycles. The van der Waals surface area contributed by atoms with E-state index in [2.05, 4.69) is 30.9 Å². The largest absolute Gasteiger partial charge is 0.496 e. The maximum Gasteiger partial charge on any atom is 0.123 e. The standard InChI is InChI=1S/C18H30N2O/c1-4-20(15-10-6-5-7-11-15)18(14(2)19)16-12-8-9-13-17(16)21-3/h8-9,12-15,18H,4-7,10-11,19H2,1-3H3. The van der Waals surface area contributed by atoms with Crippen LogP contribution in [0.4, 0.5) is 0 Å². The third-order valence-corrected chi connectivity index (χ3v) is 4.72. The molecule has 21 heavy (non-hydrogen) atoms. The molecular formula is C18H30N2O. The van der Waals surface area contributed by atoms with Crippen molar-refractivity contribution >= 4 is 0 Å². The lowest BCUT2D eigenvalue weighted by Crippen LogP contribution is -2.46. The monoisotopic (exact) mass is 290 g/mol. The first-order chi connectivity index (χ1) is 10.2. The Morgan fingerprint density at radius 3 is 2.48 bits per heavy atom. The molecule has 1 aromatic rings. The highest BCUT2D eigenvalue weighted by Gasteiger charge is 2.31. The van der Waals surface area contributed by atoms with Gasteiger partial charge in [-0.15, -0.1) is 0 Å². The van der Waals surface area contributed by atoms with Gasteiger partial charge in [0.2, 0.25) is 0 Å². The van der Waals surface area contributed by atoms with E-state index in [1.165, 1.54) is 37.7 Å². The van der Waals surface area contributed by atoms with Crippen LogP contribution in [0.1, 0.15) is 57.6 Å². The maximum absolute atomic E-state index is 6.38. The topological polar surface area (TPSA) is 38.5 Å². The second kappa shape index (κ2) is 7.81. The number of likely N-dealkylation sites (N-methyl/N-ethyl adjacent to an activating group) is 1. The fourth-order valence-electron chi connectivity index (χ4n) is 3.77. The predicted molar refractivity (Wildman–Crippen MR) is 88.6 cm³/mol. The number of methoxy groups -OCH3 is 1. The maximum atomic E-state index is 6.38. The Balaban J connectivity index is 2.31. The molecule has 3 heteroatoms. The number of benzene rings is 1. The molecule has 0 amide bonds. The molecule has 0 bridgehead atoms. The van der Waals surface area contributed by atoms with Gasteiger partial charge in [-0.1, -0.05) is 44.4 Å². The van der Waals surface area contributed by atoms with Crippen molar-refractivity contribution in [2.75, 3.05) is 13.7 Å². The number of rotatable bonds is 6. The summed E-state index contributed by atoms with van der Waals surface area (Å²) < 4.78 is 5.58. The highest BCUT2D eigenvalue weighted by molar-refractivity contribution is 5.36. The first kappa shape index (κ1) is 16.3. The minimum absolute atomic E-state index is 0.0863. The van der Waals surface area contributed by atoms with Crippen LogP contribution in [-0.4, -0.2) is 30.6 Å². The van der Waals surface area contributed by atoms with Crippen molar-refractivity contribution in [1.82, 2.24) is 4.90 Å². The van der Waals surface area contributed by atoms with E-state index in [0.29, 0.717) is 6.04 Å². The van der Waals surface area contributed by atoms with E-state index in [9.17, 15) is 0 Å². The van der Waals surface area contributed by atoms with Gasteiger partial charge in [0.05, 0.1) is 13.2 Å². The summed E-state index contributed by atoms with van der Waals surface area (Å²) in [6.07, 6.45) is 6.67. The van der Waals surface area contributed by atoms with Crippen LogP contribution >= 0.6 is 0 Å². The van der Waals surface area contributed by atoms with Crippen LogP contribution in [0.25, 0.3) is 0 Å². The minimum atomic E-state index is 0.0863. The summed E-state index contributed by atoms with van der Waals surface area (Å²) in [4.78, 5) is 2.60. The molecule has 2 N–H and O–H groups in total. The zero-order chi connectivity index (χ0) is 15.2. The van der Waals surface area contributed by atoms with Gasteiger partial charge in [0.15, 0.2) is 0 Å². The molecule has 0 aromatic heterocycles. The number of nitrogens with two attached hydrogens (primary N) is 1. The van der Waals surface area contributed by atoms with Gasteiger partial charge in [-0.05, 0) is 32.4 Å². The van der Waals surface area contributed by atoms with Crippen molar-refractivity contribution in [3.63, 3.8) is 0 Å². The summed E-state index contributed by atoms with van der Waals surface area (Å²) in [6.45, 7) is 5.40. The van der Waals surface area contributed by atoms with E-state index >= 15 is 0 Å². The van der Waals surface area contributed by atoms with Crippen LogP contribution in [0.15, 0.2) is 24.3 Å². The minimum Gasteiger partial charge on any atom is -0.496 e. The van der Waals surface area contributed by atoms with Crippen molar-refractivity contribution in [2.45, 2.75) is 64.1 Å². The molecule has 1 fully saturated rings. The van der Waals surface area contributed by atoms with Crippen LogP contribution in [0.2, 0.25) is 0 Å². The van der Waals surface area contributed by atoms with Crippen LogP contribution in [0, 0.1) is 0 Å². The Labute approximate surface area is 129 Å². The normalized spacial score (nSPS) is 19.5. The first-order valence-electron chi connectivity index (χ1n) is 8.33. The molecule has 0 radical (unpaired) electrons. The van der Waals surface area contributed by atoms with Gasteiger partial charge in [-0.25, -0.2) is 0 Å². The van der Waals surface area contributed by atoms with E-state index in [1.807, 2.05) is 12.1 Å². The molecule has 2 rings (SSSR count). The van der Waals surface area contributed by atoms with Crippen molar-refractivity contribution in [3.8, 4) is 5.75 Å². The predicted octanol–water partition coefficient (Wildman–Crippen LogP) is 3.74. The lowest BCUT2D eigenvalue weighted by Gasteiger charge is -2.41. The third kappa shape index (κ3) is 3.78. The zero-order valence-corrected chi connectivity index (χ0v) is 13.7. The third-order valence-electron chi connectivity index (χ3n) is 4.72. The molecule has 118 valence electrons.